The Balaban J connectivity index is 1.60. The van der Waals surface area contributed by atoms with E-state index in [0.29, 0.717) is 29.6 Å². The van der Waals surface area contributed by atoms with Crippen molar-refractivity contribution >= 4 is 34.8 Å². The molecule has 1 saturated heterocycles. The van der Waals surface area contributed by atoms with Crippen molar-refractivity contribution in [2.24, 2.45) is 5.92 Å². The summed E-state index contributed by atoms with van der Waals surface area (Å²) in [6.45, 7) is 6.99. The Morgan fingerprint density at radius 2 is 1.85 bits per heavy atom. The normalized spacial score (nSPS) is 16.0. The van der Waals surface area contributed by atoms with Crippen LogP contribution in [0.25, 0.3) is 0 Å². The number of halogens is 2. The molecular formula is C19H24Cl2N4O. The van der Waals surface area contributed by atoms with Crippen LogP contribution in [-0.4, -0.2) is 47.0 Å². The van der Waals surface area contributed by atoms with Crippen LogP contribution in [0.4, 0.5) is 5.69 Å². The molecule has 1 aromatic carbocycles. The average Bonchev–Trinajstić information content (AvgIpc) is 3.03. The van der Waals surface area contributed by atoms with Gasteiger partial charge in [0.05, 0.1) is 0 Å². The van der Waals surface area contributed by atoms with Gasteiger partial charge in [-0.25, -0.2) is 4.98 Å². The third-order valence-corrected chi connectivity index (χ3v) is 5.28. The Morgan fingerprint density at radius 3 is 2.38 bits per heavy atom. The van der Waals surface area contributed by atoms with Crippen LogP contribution >= 0.6 is 23.2 Å². The molecule has 2 heterocycles. The molecule has 3 rings (SSSR count). The summed E-state index contributed by atoms with van der Waals surface area (Å²) in [6, 6.07) is 5.56. The first-order valence-electron chi connectivity index (χ1n) is 8.96. The molecule has 2 aromatic rings. The number of H-pyrrole nitrogens is 1. The molecule has 1 aromatic heterocycles. The van der Waals surface area contributed by atoms with E-state index < -0.39 is 0 Å². The molecule has 0 aliphatic carbocycles. The Hall–Kier alpha value is -1.72. The van der Waals surface area contributed by atoms with Crippen LogP contribution in [0.5, 0.6) is 0 Å². The van der Waals surface area contributed by atoms with Gasteiger partial charge in [-0.3, -0.25) is 4.79 Å². The monoisotopic (exact) mass is 394 g/mol. The maximum atomic E-state index is 12.9. The number of piperazine rings is 1. The van der Waals surface area contributed by atoms with Crippen LogP contribution in [0.2, 0.25) is 10.0 Å². The fraction of sp³-hybridized carbons (Fsp3) is 0.474. The van der Waals surface area contributed by atoms with E-state index in [-0.39, 0.29) is 11.8 Å². The number of hydrogen-bond acceptors (Lipinski definition) is 3. The number of imidazole rings is 1. The van der Waals surface area contributed by atoms with E-state index in [4.69, 9.17) is 23.2 Å². The second-order valence-electron chi connectivity index (χ2n) is 6.76. The Morgan fingerprint density at radius 1 is 1.19 bits per heavy atom. The topological polar surface area (TPSA) is 52.2 Å². The van der Waals surface area contributed by atoms with Crippen LogP contribution < -0.4 is 4.90 Å². The lowest BCUT2D eigenvalue weighted by Gasteiger charge is -2.37. The summed E-state index contributed by atoms with van der Waals surface area (Å²) < 4.78 is 0. The van der Waals surface area contributed by atoms with Crippen LogP contribution in [-0.2, 0) is 11.2 Å². The van der Waals surface area contributed by atoms with Crippen molar-refractivity contribution < 1.29 is 4.79 Å². The fourth-order valence-electron chi connectivity index (χ4n) is 3.38. The predicted octanol–water partition coefficient (Wildman–Crippen LogP) is 3.94. The molecule has 1 amide bonds. The van der Waals surface area contributed by atoms with Gasteiger partial charge in [0.1, 0.15) is 5.82 Å². The zero-order chi connectivity index (χ0) is 18.7. The van der Waals surface area contributed by atoms with Gasteiger partial charge in [0.15, 0.2) is 0 Å². The van der Waals surface area contributed by atoms with Crippen molar-refractivity contribution in [1.29, 1.82) is 0 Å². The number of carbonyl (C=O) groups is 1. The number of aryl methyl sites for hydroxylation is 1. The fourth-order valence-corrected chi connectivity index (χ4v) is 3.89. The van der Waals surface area contributed by atoms with Gasteiger partial charge in [0.2, 0.25) is 5.91 Å². The van der Waals surface area contributed by atoms with E-state index in [9.17, 15) is 4.79 Å². The minimum atomic E-state index is -0.0345. The van der Waals surface area contributed by atoms with E-state index in [2.05, 4.69) is 21.8 Å². The molecule has 26 heavy (non-hydrogen) atoms. The number of benzene rings is 1. The van der Waals surface area contributed by atoms with Crippen molar-refractivity contribution in [3.05, 3.63) is 46.0 Å². The molecule has 7 heteroatoms. The van der Waals surface area contributed by atoms with Crippen molar-refractivity contribution in [3.63, 3.8) is 0 Å². The highest BCUT2D eigenvalue weighted by Crippen LogP contribution is 2.26. The third kappa shape index (κ3) is 4.51. The molecule has 1 atom stereocenters. The highest BCUT2D eigenvalue weighted by atomic mass is 35.5. The van der Waals surface area contributed by atoms with Crippen LogP contribution in [0, 0.1) is 12.8 Å². The largest absolute Gasteiger partial charge is 0.368 e. The first-order chi connectivity index (χ1) is 12.5. The van der Waals surface area contributed by atoms with Crippen LogP contribution in [0.1, 0.15) is 24.9 Å². The van der Waals surface area contributed by atoms with E-state index in [1.807, 2.05) is 24.0 Å². The van der Waals surface area contributed by atoms with Gasteiger partial charge in [-0.05, 0) is 31.5 Å². The first kappa shape index (κ1) is 19.1. The standard InChI is InChI=1S/C19H24Cl2N4O/c1-3-14(8-18-22-12-13(2)23-18)19(26)25-6-4-24(5-7-25)17-10-15(20)9-16(21)11-17/h9-12,14H,3-8H2,1-2H3,(H,22,23). The number of anilines is 1. The maximum Gasteiger partial charge on any atom is 0.226 e. The Bertz CT molecular complexity index is 748. The van der Waals surface area contributed by atoms with Crippen molar-refractivity contribution in [1.82, 2.24) is 14.9 Å². The van der Waals surface area contributed by atoms with E-state index in [1.54, 1.807) is 12.3 Å². The van der Waals surface area contributed by atoms with Gasteiger partial charge in [-0.2, -0.15) is 0 Å². The van der Waals surface area contributed by atoms with Crippen molar-refractivity contribution in [2.75, 3.05) is 31.1 Å². The summed E-state index contributed by atoms with van der Waals surface area (Å²) in [5.41, 5.74) is 2.03. The van der Waals surface area contributed by atoms with Crippen LogP contribution in [0.3, 0.4) is 0 Å². The zero-order valence-corrected chi connectivity index (χ0v) is 16.6. The highest BCUT2D eigenvalue weighted by Gasteiger charge is 2.27. The van der Waals surface area contributed by atoms with E-state index >= 15 is 0 Å². The van der Waals surface area contributed by atoms with Crippen molar-refractivity contribution in [3.8, 4) is 0 Å². The number of aromatic nitrogens is 2. The van der Waals surface area contributed by atoms with Gasteiger partial charge in [0, 0.05) is 66.1 Å². The lowest BCUT2D eigenvalue weighted by atomic mass is 9.99. The Kier molecular flexibility index (Phi) is 6.09. The lowest BCUT2D eigenvalue weighted by molar-refractivity contribution is -0.136. The molecule has 140 valence electrons. The number of nitrogens with one attached hydrogen (secondary N) is 1. The molecule has 1 aliphatic heterocycles. The molecule has 1 N–H and O–H groups in total. The van der Waals surface area contributed by atoms with E-state index in [0.717, 1.165) is 36.7 Å². The quantitative estimate of drug-likeness (QED) is 0.835. The first-order valence-corrected chi connectivity index (χ1v) is 9.72. The molecule has 1 unspecified atom stereocenters. The number of rotatable bonds is 5. The highest BCUT2D eigenvalue weighted by molar-refractivity contribution is 6.35. The number of nitrogens with zero attached hydrogens (tertiary/aromatic N) is 3. The third-order valence-electron chi connectivity index (χ3n) is 4.84. The lowest BCUT2D eigenvalue weighted by Crippen LogP contribution is -2.50. The second kappa shape index (κ2) is 8.31. The second-order valence-corrected chi connectivity index (χ2v) is 7.64. The predicted molar refractivity (Wildman–Crippen MR) is 106 cm³/mol. The molecule has 0 spiro atoms. The van der Waals surface area contributed by atoms with Gasteiger partial charge >= 0.3 is 0 Å². The molecule has 0 radical (unpaired) electrons. The summed E-state index contributed by atoms with van der Waals surface area (Å²) in [7, 11) is 0. The number of amides is 1. The Labute approximate surface area is 164 Å². The summed E-state index contributed by atoms with van der Waals surface area (Å²) in [5, 5.41) is 1.26. The van der Waals surface area contributed by atoms with Crippen LogP contribution in [0.15, 0.2) is 24.4 Å². The van der Waals surface area contributed by atoms with Gasteiger partial charge in [0.25, 0.3) is 0 Å². The molecule has 0 bridgehead atoms. The summed E-state index contributed by atoms with van der Waals surface area (Å²) in [4.78, 5) is 24.7. The summed E-state index contributed by atoms with van der Waals surface area (Å²) in [6.07, 6.45) is 3.28. The van der Waals surface area contributed by atoms with Gasteiger partial charge < -0.3 is 14.8 Å². The smallest absolute Gasteiger partial charge is 0.226 e. The molecular weight excluding hydrogens is 371 g/mol. The van der Waals surface area contributed by atoms with E-state index in [1.165, 1.54) is 0 Å². The number of aromatic amines is 1. The summed E-state index contributed by atoms with van der Waals surface area (Å²) >= 11 is 12.2. The minimum absolute atomic E-state index is 0.0345. The summed E-state index contributed by atoms with van der Waals surface area (Å²) in [5.74, 6) is 1.06. The molecule has 0 saturated carbocycles. The SMILES string of the molecule is CCC(Cc1ncc(C)[nH]1)C(=O)N1CCN(c2cc(Cl)cc(Cl)c2)CC1. The minimum Gasteiger partial charge on any atom is -0.368 e. The van der Waals surface area contributed by atoms with Crippen molar-refractivity contribution in [2.45, 2.75) is 26.7 Å². The molecule has 5 nitrogen and oxygen atoms in total. The molecule has 1 fully saturated rings. The maximum absolute atomic E-state index is 12.9. The van der Waals surface area contributed by atoms with Gasteiger partial charge in [-0.15, -0.1) is 0 Å². The number of hydrogen-bond donors (Lipinski definition) is 1. The zero-order valence-electron chi connectivity index (χ0n) is 15.1. The molecule has 1 aliphatic rings. The average molecular weight is 395 g/mol. The van der Waals surface area contributed by atoms with Gasteiger partial charge in [-0.1, -0.05) is 30.1 Å². The number of carbonyl (C=O) groups excluding carboxylic acids is 1.